The summed E-state index contributed by atoms with van der Waals surface area (Å²) in [7, 11) is 3.18. The summed E-state index contributed by atoms with van der Waals surface area (Å²) in [6, 6.07) is 7.46. The molecular weight excluding hydrogens is 340 g/mol. The molecule has 0 atom stereocenters. The molecule has 2 N–H and O–H groups in total. The van der Waals surface area contributed by atoms with Crippen LogP contribution in [0.2, 0.25) is 0 Å². The first kappa shape index (κ1) is 18.7. The highest BCUT2D eigenvalue weighted by molar-refractivity contribution is 7.14. The monoisotopic (exact) mass is 362 g/mol. The van der Waals surface area contributed by atoms with Crippen molar-refractivity contribution in [1.82, 2.24) is 15.2 Å². The van der Waals surface area contributed by atoms with Gasteiger partial charge in [-0.15, -0.1) is 11.3 Å². The smallest absolute Gasteiger partial charge is 0.273 e. The Labute approximate surface area is 151 Å². The van der Waals surface area contributed by atoms with E-state index in [1.54, 1.807) is 19.5 Å². The van der Waals surface area contributed by atoms with Crippen molar-refractivity contribution >= 4 is 34.0 Å². The van der Waals surface area contributed by atoms with Crippen molar-refractivity contribution in [1.29, 1.82) is 0 Å². The lowest BCUT2D eigenvalue weighted by Gasteiger charge is -2.15. The van der Waals surface area contributed by atoms with Gasteiger partial charge in [-0.25, -0.2) is 4.98 Å². The minimum atomic E-state index is -0.295. The van der Waals surface area contributed by atoms with Gasteiger partial charge in [-0.2, -0.15) is 0 Å². The Morgan fingerprint density at radius 1 is 1.32 bits per heavy atom. The summed E-state index contributed by atoms with van der Waals surface area (Å²) in [6.45, 7) is 2.58. The van der Waals surface area contributed by atoms with Gasteiger partial charge >= 0.3 is 0 Å². The van der Waals surface area contributed by atoms with E-state index in [2.05, 4.69) is 15.6 Å². The Kier molecular flexibility index (Phi) is 6.76. The van der Waals surface area contributed by atoms with Crippen molar-refractivity contribution in [2.24, 2.45) is 0 Å². The predicted octanol–water partition coefficient (Wildman–Crippen LogP) is 2.49. The number of carbonyl (C=O) groups is 2. The number of nitrogens with zero attached hydrogens (tertiary/aromatic N) is 2. The average Bonchev–Trinajstić information content (AvgIpc) is 3.08. The number of aromatic nitrogens is 1. The van der Waals surface area contributed by atoms with Crippen LogP contribution in [0.15, 0.2) is 29.6 Å². The van der Waals surface area contributed by atoms with E-state index in [0.29, 0.717) is 23.1 Å². The van der Waals surface area contributed by atoms with Gasteiger partial charge in [0.25, 0.3) is 5.91 Å². The molecule has 0 spiro atoms. The van der Waals surface area contributed by atoms with Crippen LogP contribution in [-0.4, -0.2) is 48.9 Å². The zero-order chi connectivity index (χ0) is 18.2. The summed E-state index contributed by atoms with van der Waals surface area (Å²) in [5.74, 6) is 0.214. The highest BCUT2D eigenvalue weighted by atomic mass is 32.1. The van der Waals surface area contributed by atoms with Gasteiger partial charge in [-0.1, -0.05) is 19.1 Å². The number of hydrogen-bond donors (Lipinski definition) is 2. The quantitative estimate of drug-likeness (QED) is 0.754. The number of rotatable bonds is 8. The molecule has 0 aliphatic carbocycles. The molecule has 134 valence electrons. The van der Waals surface area contributed by atoms with E-state index in [9.17, 15) is 9.59 Å². The Balaban J connectivity index is 2.00. The number of amides is 2. The molecule has 2 rings (SSSR count). The summed E-state index contributed by atoms with van der Waals surface area (Å²) in [6.07, 6.45) is 0.855. The van der Waals surface area contributed by atoms with Crippen LogP contribution < -0.4 is 15.4 Å². The lowest BCUT2D eigenvalue weighted by atomic mass is 10.3. The molecule has 2 aromatic rings. The number of para-hydroxylation sites is 2. The number of methoxy groups -OCH3 is 1. The number of benzene rings is 1. The van der Waals surface area contributed by atoms with Crippen LogP contribution >= 0.6 is 11.3 Å². The van der Waals surface area contributed by atoms with E-state index in [1.165, 1.54) is 16.2 Å². The summed E-state index contributed by atoms with van der Waals surface area (Å²) >= 11 is 1.32. The number of anilines is 2. The van der Waals surface area contributed by atoms with Crippen LogP contribution in [0.5, 0.6) is 5.75 Å². The molecule has 0 saturated carbocycles. The molecule has 2 amide bonds. The standard InChI is InChI=1S/C17H22N4O3S/c1-4-9-18-15(22)10-21(2)16(23)13-11-25-17(20-13)19-12-7-5-6-8-14(12)24-3/h5-8,11H,4,9-10H2,1-3H3,(H,18,22)(H,19,20). The lowest BCUT2D eigenvalue weighted by Crippen LogP contribution is -2.38. The van der Waals surface area contributed by atoms with Crippen LogP contribution in [0.1, 0.15) is 23.8 Å². The molecule has 7 nitrogen and oxygen atoms in total. The van der Waals surface area contributed by atoms with Crippen molar-refractivity contribution < 1.29 is 14.3 Å². The number of carbonyl (C=O) groups excluding carboxylic acids is 2. The second-order valence-electron chi connectivity index (χ2n) is 5.37. The van der Waals surface area contributed by atoms with Crippen molar-refractivity contribution in [3.05, 3.63) is 35.3 Å². The third-order valence-corrected chi connectivity index (χ3v) is 4.13. The molecule has 0 radical (unpaired) electrons. The van der Waals surface area contributed by atoms with Gasteiger partial charge in [-0.05, 0) is 18.6 Å². The van der Waals surface area contributed by atoms with Gasteiger partial charge in [0, 0.05) is 19.0 Å². The molecule has 0 aliphatic rings. The predicted molar refractivity (Wildman–Crippen MR) is 98.7 cm³/mol. The summed E-state index contributed by atoms with van der Waals surface area (Å²) in [5.41, 5.74) is 1.07. The van der Waals surface area contributed by atoms with Crippen molar-refractivity contribution in [2.75, 3.05) is 32.6 Å². The van der Waals surface area contributed by atoms with E-state index < -0.39 is 0 Å². The topological polar surface area (TPSA) is 83.6 Å². The number of ether oxygens (including phenoxy) is 1. The number of likely N-dealkylation sites (N-methyl/N-ethyl adjacent to an activating group) is 1. The first-order chi connectivity index (χ1) is 12.0. The minimum Gasteiger partial charge on any atom is -0.495 e. The Bertz CT molecular complexity index is 732. The molecule has 1 heterocycles. The zero-order valence-corrected chi connectivity index (χ0v) is 15.4. The summed E-state index contributed by atoms with van der Waals surface area (Å²) < 4.78 is 5.28. The number of thiazole rings is 1. The van der Waals surface area contributed by atoms with Crippen LogP contribution in [-0.2, 0) is 4.79 Å². The fraction of sp³-hybridized carbons (Fsp3) is 0.353. The second-order valence-corrected chi connectivity index (χ2v) is 6.23. The minimum absolute atomic E-state index is 0.00559. The third-order valence-electron chi connectivity index (χ3n) is 3.37. The molecule has 8 heteroatoms. The molecule has 0 aliphatic heterocycles. The Morgan fingerprint density at radius 3 is 2.80 bits per heavy atom. The zero-order valence-electron chi connectivity index (χ0n) is 14.5. The lowest BCUT2D eigenvalue weighted by molar-refractivity contribution is -0.121. The average molecular weight is 362 g/mol. The van der Waals surface area contributed by atoms with Crippen molar-refractivity contribution in [3.63, 3.8) is 0 Å². The Morgan fingerprint density at radius 2 is 2.08 bits per heavy atom. The molecule has 0 bridgehead atoms. The molecule has 25 heavy (non-hydrogen) atoms. The number of hydrogen-bond acceptors (Lipinski definition) is 6. The third kappa shape index (κ3) is 5.18. The maximum Gasteiger partial charge on any atom is 0.273 e. The number of nitrogens with one attached hydrogen (secondary N) is 2. The van der Waals surface area contributed by atoms with Gasteiger partial charge in [0.1, 0.15) is 11.4 Å². The van der Waals surface area contributed by atoms with Crippen LogP contribution in [0.25, 0.3) is 0 Å². The normalized spacial score (nSPS) is 10.2. The first-order valence-electron chi connectivity index (χ1n) is 7.92. The highest BCUT2D eigenvalue weighted by Crippen LogP contribution is 2.28. The van der Waals surface area contributed by atoms with Crippen molar-refractivity contribution in [3.8, 4) is 5.75 Å². The van der Waals surface area contributed by atoms with Gasteiger partial charge < -0.3 is 20.3 Å². The summed E-state index contributed by atoms with van der Waals surface area (Å²) in [4.78, 5) is 29.8. The van der Waals surface area contributed by atoms with E-state index >= 15 is 0 Å². The van der Waals surface area contributed by atoms with Gasteiger partial charge in [0.05, 0.1) is 19.3 Å². The van der Waals surface area contributed by atoms with Crippen molar-refractivity contribution in [2.45, 2.75) is 13.3 Å². The SMILES string of the molecule is CCCNC(=O)CN(C)C(=O)c1csc(Nc2ccccc2OC)n1. The second kappa shape index (κ2) is 9.03. The molecule has 1 aromatic heterocycles. The largest absolute Gasteiger partial charge is 0.495 e. The first-order valence-corrected chi connectivity index (χ1v) is 8.80. The van der Waals surface area contributed by atoms with E-state index in [4.69, 9.17) is 4.74 Å². The van der Waals surface area contributed by atoms with Gasteiger partial charge in [-0.3, -0.25) is 9.59 Å². The van der Waals surface area contributed by atoms with Crippen LogP contribution in [0, 0.1) is 0 Å². The molecule has 0 unspecified atom stereocenters. The summed E-state index contributed by atoms with van der Waals surface area (Å²) in [5, 5.41) is 8.13. The maximum atomic E-state index is 12.4. The maximum absolute atomic E-state index is 12.4. The van der Waals surface area contributed by atoms with E-state index in [0.717, 1.165) is 12.1 Å². The Hall–Kier alpha value is -2.61. The highest BCUT2D eigenvalue weighted by Gasteiger charge is 2.18. The van der Waals surface area contributed by atoms with Crippen LogP contribution in [0.3, 0.4) is 0 Å². The molecular formula is C17H22N4O3S. The fourth-order valence-electron chi connectivity index (χ4n) is 2.10. The molecule has 0 saturated heterocycles. The molecule has 1 aromatic carbocycles. The van der Waals surface area contributed by atoms with E-state index in [-0.39, 0.29) is 18.4 Å². The fourth-order valence-corrected chi connectivity index (χ4v) is 2.79. The van der Waals surface area contributed by atoms with E-state index in [1.807, 2.05) is 31.2 Å². The van der Waals surface area contributed by atoms with Gasteiger partial charge in [0.15, 0.2) is 5.13 Å². The van der Waals surface area contributed by atoms with Crippen LogP contribution in [0.4, 0.5) is 10.8 Å². The molecule has 0 fully saturated rings. The van der Waals surface area contributed by atoms with Gasteiger partial charge in [0.2, 0.25) is 5.91 Å².